The van der Waals surface area contributed by atoms with Crippen LogP contribution in [-0.4, -0.2) is 10.9 Å². The molecule has 2 aromatic carbocycles. The van der Waals surface area contributed by atoms with Crippen LogP contribution >= 0.6 is 35.0 Å². The van der Waals surface area contributed by atoms with Crippen LogP contribution in [0.1, 0.15) is 5.56 Å². The zero-order chi connectivity index (χ0) is 13.3. The van der Waals surface area contributed by atoms with Gasteiger partial charge in [-0.25, -0.2) is 4.99 Å². The second-order valence-corrected chi connectivity index (χ2v) is 6.35. The van der Waals surface area contributed by atoms with Crippen LogP contribution in [0.4, 0.5) is 5.69 Å². The maximum atomic E-state index is 6.76. The minimum absolute atomic E-state index is 0.429. The Balaban J connectivity index is 2.08. The van der Waals surface area contributed by atoms with Crippen molar-refractivity contribution >= 4 is 45.8 Å². The molecular formula is C15H11Cl2NS. The Morgan fingerprint density at radius 2 is 1.68 bits per heavy atom. The van der Waals surface area contributed by atoms with E-state index in [1.54, 1.807) is 11.8 Å². The van der Waals surface area contributed by atoms with E-state index in [1.165, 1.54) is 0 Å². The lowest BCUT2D eigenvalue weighted by Gasteiger charge is -2.24. The van der Waals surface area contributed by atoms with Gasteiger partial charge >= 0.3 is 0 Å². The largest absolute Gasteiger partial charge is 0.238 e. The van der Waals surface area contributed by atoms with Crippen molar-refractivity contribution in [3.8, 4) is 0 Å². The number of alkyl halides is 1. The Morgan fingerprint density at radius 1 is 1.00 bits per heavy atom. The van der Waals surface area contributed by atoms with E-state index in [0.29, 0.717) is 10.9 Å². The predicted molar refractivity (Wildman–Crippen MR) is 84.1 cm³/mol. The van der Waals surface area contributed by atoms with Crippen molar-refractivity contribution < 1.29 is 0 Å². The molecule has 3 rings (SSSR count). The summed E-state index contributed by atoms with van der Waals surface area (Å²) in [7, 11) is 0. The molecule has 0 spiro atoms. The first-order valence-corrected chi connectivity index (χ1v) is 7.65. The van der Waals surface area contributed by atoms with Crippen LogP contribution in [0.5, 0.6) is 0 Å². The zero-order valence-corrected chi connectivity index (χ0v) is 12.3. The summed E-state index contributed by atoms with van der Waals surface area (Å²) in [6.45, 7) is 0. The standard InChI is InChI=1S/C15H11Cl2NS/c16-14-15(17,11-6-2-1-3-7-11)10-19-13-9-5-4-8-12(13)18-14/h1-9H,10H2. The topological polar surface area (TPSA) is 12.4 Å². The highest BCUT2D eigenvalue weighted by molar-refractivity contribution is 7.99. The third kappa shape index (κ3) is 2.40. The third-order valence-corrected chi connectivity index (χ3v) is 5.50. The van der Waals surface area contributed by atoms with Gasteiger partial charge in [0.25, 0.3) is 0 Å². The lowest BCUT2D eigenvalue weighted by molar-refractivity contribution is 0.950. The van der Waals surface area contributed by atoms with E-state index in [0.717, 1.165) is 16.1 Å². The number of thioether (sulfide) groups is 1. The molecule has 4 heteroatoms. The molecule has 19 heavy (non-hydrogen) atoms. The van der Waals surface area contributed by atoms with Crippen LogP contribution in [0.3, 0.4) is 0 Å². The van der Waals surface area contributed by atoms with Gasteiger partial charge < -0.3 is 0 Å². The Labute approximate surface area is 126 Å². The van der Waals surface area contributed by atoms with Crippen molar-refractivity contribution in [2.45, 2.75) is 9.77 Å². The van der Waals surface area contributed by atoms with Crippen LogP contribution in [-0.2, 0) is 4.87 Å². The fourth-order valence-electron chi connectivity index (χ4n) is 2.01. The molecule has 1 aliphatic rings. The summed E-state index contributed by atoms with van der Waals surface area (Å²) in [6.07, 6.45) is 0. The van der Waals surface area contributed by atoms with Crippen molar-refractivity contribution in [2.75, 3.05) is 5.75 Å². The molecule has 1 atom stereocenters. The summed E-state index contributed by atoms with van der Waals surface area (Å²) in [5.74, 6) is 0.665. The number of benzene rings is 2. The number of rotatable bonds is 1. The minimum Gasteiger partial charge on any atom is -0.238 e. The molecule has 2 aromatic rings. The van der Waals surface area contributed by atoms with Gasteiger partial charge in [-0.1, -0.05) is 54.1 Å². The fourth-order valence-corrected chi connectivity index (χ4v) is 3.78. The molecule has 0 saturated heterocycles. The molecule has 1 unspecified atom stereocenters. The quantitative estimate of drug-likeness (QED) is 0.660. The Kier molecular flexibility index (Phi) is 3.57. The molecule has 0 amide bonds. The zero-order valence-electron chi connectivity index (χ0n) is 10.0. The van der Waals surface area contributed by atoms with Crippen molar-refractivity contribution in [3.63, 3.8) is 0 Å². The molecule has 0 aliphatic carbocycles. The average Bonchev–Trinajstić information content (AvgIpc) is 2.59. The summed E-state index contributed by atoms with van der Waals surface area (Å²) in [5.41, 5.74) is 1.86. The van der Waals surface area contributed by atoms with E-state index in [4.69, 9.17) is 23.2 Å². The molecular weight excluding hydrogens is 297 g/mol. The van der Waals surface area contributed by atoms with Crippen LogP contribution in [0.2, 0.25) is 0 Å². The molecule has 0 radical (unpaired) electrons. The van der Waals surface area contributed by atoms with Gasteiger partial charge in [0.1, 0.15) is 10.0 Å². The van der Waals surface area contributed by atoms with E-state index in [1.807, 2.05) is 54.6 Å². The van der Waals surface area contributed by atoms with Gasteiger partial charge in [-0.2, -0.15) is 0 Å². The smallest absolute Gasteiger partial charge is 0.133 e. The third-order valence-electron chi connectivity index (χ3n) is 3.07. The fraction of sp³-hybridized carbons (Fsp3) is 0.133. The van der Waals surface area contributed by atoms with E-state index in [-0.39, 0.29) is 0 Å². The van der Waals surface area contributed by atoms with Gasteiger partial charge in [-0.15, -0.1) is 23.4 Å². The Bertz CT molecular complexity index is 627. The monoisotopic (exact) mass is 307 g/mol. The highest BCUT2D eigenvalue weighted by Crippen LogP contribution is 2.44. The van der Waals surface area contributed by atoms with Crippen LogP contribution in [0, 0.1) is 0 Å². The second-order valence-electron chi connectivity index (χ2n) is 4.33. The van der Waals surface area contributed by atoms with Crippen molar-refractivity contribution in [1.29, 1.82) is 0 Å². The maximum absolute atomic E-state index is 6.76. The maximum Gasteiger partial charge on any atom is 0.133 e. The van der Waals surface area contributed by atoms with Gasteiger partial charge in [0.05, 0.1) is 5.69 Å². The number of hydrogen-bond acceptors (Lipinski definition) is 2. The first-order chi connectivity index (χ1) is 9.20. The van der Waals surface area contributed by atoms with Gasteiger partial charge in [0.2, 0.25) is 0 Å². The number of aliphatic imine (C=N–C) groups is 1. The molecule has 1 aliphatic heterocycles. The number of hydrogen-bond donors (Lipinski definition) is 0. The summed E-state index contributed by atoms with van der Waals surface area (Å²) < 4.78 is 0. The Hall–Kier alpha value is -0.960. The molecule has 0 bridgehead atoms. The highest BCUT2D eigenvalue weighted by atomic mass is 35.5. The molecule has 0 aromatic heterocycles. The van der Waals surface area contributed by atoms with E-state index in [2.05, 4.69) is 4.99 Å². The minimum atomic E-state index is -0.757. The predicted octanol–water partition coefficient (Wildman–Crippen LogP) is 5.20. The van der Waals surface area contributed by atoms with Crippen molar-refractivity contribution in [3.05, 3.63) is 60.2 Å². The van der Waals surface area contributed by atoms with Gasteiger partial charge in [-0.05, 0) is 17.7 Å². The summed E-state index contributed by atoms with van der Waals surface area (Å²) in [4.78, 5) is 4.85. The molecule has 0 fully saturated rings. The average molecular weight is 308 g/mol. The van der Waals surface area contributed by atoms with Crippen LogP contribution < -0.4 is 0 Å². The normalized spacial score (nSPS) is 22.3. The van der Waals surface area contributed by atoms with Crippen molar-refractivity contribution in [1.82, 2.24) is 0 Å². The Morgan fingerprint density at radius 3 is 2.47 bits per heavy atom. The van der Waals surface area contributed by atoms with Crippen LogP contribution in [0.15, 0.2) is 64.5 Å². The second kappa shape index (κ2) is 5.20. The summed E-state index contributed by atoms with van der Waals surface area (Å²) >= 11 is 14.8. The number of fused-ring (bicyclic) bond motifs is 1. The van der Waals surface area contributed by atoms with E-state index >= 15 is 0 Å². The van der Waals surface area contributed by atoms with E-state index in [9.17, 15) is 0 Å². The lowest BCUT2D eigenvalue weighted by Crippen LogP contribution is -2.28. The lowest BCUT2D eigenvalue weighted by atomic mass is 10.0. The first-order valence-electron chi connectivity index (χ1n) is 5.91. The summed E-state index contributed by atoms with van der Waals surface area (Å²) in [5, 5.41) is 0.429. The molecule has 1 heterocycles. The number of para-hydroxylation sites is 1. The number of halogens is 2. The number of nitrogens with zero attached hydrogens (tertiary/aromatic N) is 1. The SMILES string of the molecule is ClC1=Nc2ccccc2SCC1(Cl)c1ccccc1. The van der Waals surface area contributed by atoms with Gasteiger partial charge in [0.15, 0.2) is 0 Å². The molecule has 1 nitrogen and oxygen atoms in total. The van der Waals surface area contributed by atoms with Gasteiger partial charge in [0, 0.05) is 10.6 Å². The van der Waals surface area contributed by atoms with Crippen LogP contribution in [0.25, 0.3) is 0 Å². The first kappa shape index (κ1) is 13.0. The highest BCUT2D eigenvalue weighted by Gasteiger charge is 2.37. The van der Waals surface area contributed by atoms with E-state index < -0.39 is 4.87 Å². The van der Waals surface area contributed by atoms with Crippen molar-refractivity contribution in [2.24, 2.45) is 4.99 Å². The van der Waals surface area contributed by atoms with Gasteiger partial charge in [-0.3, -0.25) is 0 Å². The molecule has 0 N–H and O–H groups in total. The molecule has 96 valence electrons. The summed E-state index contributed by atoms with van der Waals surface area (Å²) in [6, 6.07) is 17.8. The molecule has 0 saturated carbocycles.